The van der Waals surface area contributed by atoms with Crippen molar-refractivity contribution in [3.05, 3.63) is 29.3 Å². The van der Waals surface area contributed by atoms with E-state index in [0.29, 0.717) is 23.9 Å². The molecule has 1 N–H and O–H groups in total. The van der Waals surface area contributed by atoms with Crippen LogP contribution in [0.25, 0.3) is 0 Å². The number of benzene rings is 1. The van der Waals surface area contributed by atoms with E-state index in [1.807, 2.05) is 0 Å². The summed E-state index contributed by atoms with van der Waals surface area (Å²) < 4.78 is 4.83. The van der Waals surface area contributed by atoms with Crippen LogP contribution >= 0.6 is 11.6 Å². The van der Waals surface area contributed by atoms with Gasteiger partial charge in [-0.05, 0) is 12.1 Å². The third-order valence-corrected chi connectivity index (χ3v) is 2.77. The van der Waals surface area contributed by atoms with Gasteiger partial charge in [-0.2, -0.15) is 0 Å². The van der Waals surface area contributed by atoms with Crippen molar-refractivity contribution in [1.82, 2.24) is 5.32 Å². The minimum Gasteiger partial charge on any atom is -0.383 e. The highest BCUT2D eigenvalue weighted by atomic mass is 35.5. The standard InChI is InChI=1S/C13H17ClN2O3/c1-10(17)16(9-13(18)15-7-8-19-2)12-6-4-3-5-11(12)14/h3-6H,7-9H2,1-2H3,(H,15,18). The van der Waals surface area contributed by atoms with Crippen molar-refractivity contribution in [3.8, 4) is 0 Å². The van der Waals surface area contributed by atoms with Crippen LogP contribution in [0.5, 0.6) is 0 Å². The number of carbonyl (C=O) groups excluding carboxylic acids is 2. The van der Waals surface area contributed by atoms with Crippen molar-refractivity contribution >= 4 is 29.1 Å². The van der Waals surface area contributed by atoms with Gasteiger partial charge in [-0.1, -0.05) is 23.7 Å². The van der Waals surface area contributed by atoms with Gasteiger partial charge in [0.1, 0.15) is 6.54 Å². The lowest BCUT2D eigenvalue weighted by Gasteiger charge is -2.21. The molecule has 0 radical (unpaired) electrons. The molecule has 1 rings (SSSR count). The van der Waals surface area contributed by atoms with Crippen LogP contribution < -0.4 is 10.2 Å². The highest BCUT2D eigenvalue weighted by molar-refractivity contribution is 6.33. The predicted molar refractivity (Wildman–Crippen MR) is 74.4 cm³/mol. The molecule has 5 nitrogen and oxygen atoms in total. The van der Waals surface area contributed by atoms with Gasteiger partial charge in [-0.25, -0.2) is 0 Å². The van der Waals surface area contributed by atoms with E-state index in [1.54, 1.807) is 31.4 Å². The van der Waals surface area contributed by atoms with Crippen molar-refractivity contribution in [2.24, 2.45) is 0 Å². The van der Waals surface area contributed by atoms with Crippen molar-refractivity contribution < 1.29 is 14.3 Å². The molecule has 0 saturated carbocycles. The average molecular weight is 285 g/mol. The van der Waals surface area contributed by atoms with Crippen molar-refractivity contribution in [2.75, 3.05) is 31.7 Å². The fourth-order valence-electron chi connectivity index (χ4n) is 1.53. The molecule has 0 aliphatic heterocycles. The molecule has 6 heteroatoms. The molecule has 1 aromatic rings. The number of carbonyl (C=O) groups is 2. The molecule has 0 aromatic heterocycles. The second kappa shape index (κ2) is 7.76. The van der Waals surface area contributed by atoms with Gasteiger partial charge < -0.3 is 15.0 Å². The minimum absolute atomic E-state index is 0.0667. The molecule has 0 aliphatic carbocycles. The normalized spacial score (nSPS) is 10.1. The Morgan fingerprint density at radius 1 is 1.37 bits per heavy atom. The molecular weight excluding hydrogens is 268 g/mol. The van der Waals surface area contributed by atoms with Gasteiger partial charge in [0.25, 0.3) is 0 Å². The summed E-state index contributed by atoms with van der Waals surface area (Å²) in [5.74, 6) is -0.498. The Hall–Kier alpha value is -1.59. The van der Waals surface area contributed by atoms with Gasteiger partial charge in [0.15, 0.2) is 0 Å². The number of methoxy groups -OCH3 is 1. The number of anilines is 1. The summed E-state index contributed by atoms with van der Waals surface area (Å²) in [5, 5.41) is 3.09. The molecule has 2 amide bonds. The number of para-hydroxylation sites is 1. The fraction of sp³-hybridized carbons (Fsp3) is 0.385. The zero-order valence-electron chi connectivity index (χ0n) is 11.0. The summed E-state index contributed by atoms with van der Waals surface area (Å²) in [7, 11) is 1.55. The lowest BCUT2D eigenvalue weighted by Crippen LogP contribution is -2.40. The zero-order valence-corrected chi connectivity index (χ0v) is 11.7. The maximum Gasteiger partial charge on any atom is 0.240 e. The first-order valence-electron chi connectivity index (χ1n) is 5.84. The molecular formula is C13H17ClN2O3. The van der Waals surface area contributed by atoms with Gasteiger partial charge in [-0.15, -0.1) is 0 Å². The number of rotatable bonds is 6. The molecule has 0 heterocycles. The van der Waals surface area contributed by atoms with Crippen LogP contribution in [0.15, 0.2) is 24.3 Å². The lowest BCUT2D eigenvalue weighted by molar-refractivity contribution is -0.123. The average Bonchev–Trinajstić information content (AvgIpc) is 2.37. The quantitative estimate of drug-likeness (QED) is 0.805. The van der Waals surface area contributed by atoms with E-state index in [9.17, 15) is 9.59 Å². The molecule has 1 aromatic carbocycles. The van der Waals surface area contributed by atoms with Crippen LogP contribution in [0, 0.1) is 0 Å². The summed E-state index contributed by atoms with van der Waals surface area (Å²) >= 11 is 6.03. The second-order valence-electron chi connectivity index (χ2n) is 3.90. The number of nitrogens with zero attached hydrogens (tertiary/aromatic N) is 1. The van der Waals surface area contributed by atoms with Crippen molar-refractivity contribution in [1.29, 1.82) is 0 Å². The van der Waals surface area contributed by atoms with E-state index in [1.165, 1.54) is 11.8 Å². The summed E-state index contributed by atoms with van der Waals surface area (Å²) in [6.07, 6.45) is 0. The van der Waals surface area contributed by atoms with E-state index in [2.05, 4.69) is 5.32 Å². The molecule has 0 atom stereocenters. The van der Waals surface area contributed by atoms with E-state index in [-0.39, 0.29) is 18.4 Å². The first-order chi connectivity index (χ1) is 9.06. The Morgan fingerprint density at radius 2 is 2.05 bits per heavy atom. The number of halogens is 1. The number of nitrogens with one attached hydrogen (secondary N) is 1. The van der Waals surface area contributed by atoms with Gasteiger partial charge in [-0.3, -0.25) is 9.59 Å². The Kier molecular flexibility index (Phi) is 6.32. The summed E-state index contributed by atoms with van der Waals surface area (Å²) in [6.45, 7) is 2.16. The molecule has 0 fully saturated rings. The third kappa shape index (κ3) is 4.89. The fourth-order valence-corrected chi connectivity index (χ4v) is 1.77. The van der Waals surface area contributed by atoms with Crippen LogP contribution in [-0.2, 0) is 14.3 Å². The van der Waals surface area contributed by atoms with E-state index >= 15 is 0 Å². The number of amides is 2. The molecule has 19 heavy (non-hydrogen) atoms. The maximum absolute atomic E-state index is 11.7. The molecule has 0 saturated heterocycles. The van der Waals surface area contributed by atoms with E-state index < -0.39 is 0 Å². The molecule has 104 valence electrons. The minimum atomic E-state index is -0.257. The van der Waals surface area contributed by atoms with Crippen LogP contribution in [0.3, 0.4) is 0 Å². The number of hydrogen-bond donors (Lipinski definition) is 1. The van der Waals surface area contributed by atoms with Crippen LogP contribution in [0.4, 0.5) is 5.69 Å². The van der Waals surface area contributed by atoms with E-state index in [4.69, 9.17) is 16.3 Å². The zero-order chi connectivity index (χ0) is 14.3. The largest absolute Gasteiger partial charge is 0.383 e. The number of hydrogen-bond acceptors (Lipinski definition) is 3. The number of ether oxygens (including phenoxy) is 1. The van der Waals surface area contributed by atoms with Crippen molar-refractivity contribution in [3.63, 3.8) is 0 Å². The van der Waals surface area contributed by atoms with E-state index in [0.717, 1.165) is 0 Å². The SMILES string of the molecule is COCCNC(=O)CN(C(C)=O)c1ccccc1Cl. The highest BCUT2D eigenvalue weighted by Crippen LogP contribution is 2.24. The Bertz CT molecular complexity index is 451. The molecule has 0 aliphatic rings. The summed E-state index contributed by atoms with van der Waals surface area (Å²) in [4.78, 5) is 24.7. The first kappa shape index (κ1) is 15.5. The Balaban J connectivity index is 2.72. The summed E-state index contributed by atoms with van der Waals surface area (Å²) in [6, 6.07) is 6.91. The monoisotopic (exact) mass is 284 g/mol. The molecule has 0 spiro atoms. The van der Waals surface area contributed by atoms with Gasteiger partial charge in [0.05, 0.1) is 17.3 Å². The topological polar surface area (TPSA) is 58.6 Å². The lowest BCUT2D eigenvalue weighted by atomic mass is 10.2. The Labute approximate surface area is 117 Å². The summed E-state index contributed by atoms with van der Waals surface area (Å²) in [5.41, 5.74) is 0.526. The predicted octanol–water partition coefficient (Wildman–Crippen LogP) is 1.46. The first-order valence-corrected chi connectivity index (χ1v) is 6.22. The Morgan fingerprint density at radius 3 is 2.63 bits per heavy atom. The third-order valence-electron chi connectivity index (χ3n) is 2.45. The second-order valence-corrected chi connectivity index (χ2v) is 4.31. The van der Waals surface area contributed by atoms with Gasteiger partial charge in [0.2, 0.25) is 11.8 Å². The smallest absolute Gasteiger partial charge is 0.240 e. The molecule has 0 bridgehead atoms. The highest BCUT2D eigenvalue weighted by Gasteiger charge is 2.17. The molecule has 0 unspecified atom stereocenters. The van der Waals surface area contributed by atoms with Crippen molar-refractivity contribution in [2.45, 2.75) is 6.92 Å². The van der Waals surface area contributed by atoms with Gasteiger partial charge >= 0.3 is 0 Å². The van der Waals surface area contributed by atoms with Crippen LogP contribution in [0.1, 0.15) is 6.92 Å². The van der Waals surface area contributed by atoms with Crippen LogP contribution in [0.2, 0.25) is 5.02 Å². The maximum atomic E-state index is 11.7. The van der Waals surface area contributed by atoms with Crippen LogP contribution in [-0.4, -0.2) is 38.6 Å². The van der Waals surface area contributed by atoms with Gasteiger partial charge in [0, 0.05) is 20.6 Å².